The van der Waals surface area contributed by atoms with Crippen molar-refractivity contribution in [2.24, 2.45) is 0 Å². The Morgan fingerprint density at radius 3 is 1.03 bits per heavy atom. The van der Waals surface area contributed by atoms with Gasteiger partial charge in [-0.1, -0.05) is 291 Å². The Morgan fingerprint density at radius 1 is 0.188 bits per heavy atom. The maximum Gasteiger partial charge on any atom is 0.489 e. The van der Waals surface area contributed by atoms with Gasteiger partial charge in [0.25, 0.3) is 0 Å². The smallest absolute Gasteiger partial charge is 0.423 e. The molecule has 0 saturated carbocycles. The van der Waals surface area contributed by atoms with Crippen molar-refractivity contribution < 1.29 is 10.0 Å². The van der Waals surface area contributed by atoms with Crippen LogP contribution in [-0.2, 0) is 0 Å². The van der Waals surface area contributed by atoms with Crippen LogP contribution in [-0.4, -0.2) is 17.2 Å². The van der Waals surface area contributed by atoms with Crippen LogP contribution in [0.1, 0.15) is 0 Å². The molecular formula is C96H55BBr2O2. The van der Waals surface area contributed by atoms with E-state index in [-0.39, 0.29) is 0 Å². The van der Waals surface area contributed by atoms with Gasteiger partial charge in [0.1, 0.15) is 0 Å². The van der Waals surface area contributed by atoms with E-state index in [1.807, 2.05) is 24.3 Å². The van der Waals surface area contributed by atoms with Crippen LogP contribution in [0.4, 0.5) is 0 Å². The van der Waals surface area contributed by atoms with Crippen LogP contribution < -0.4 is 5.46 Å². The molecule has 22 aromatic carbocycles. The summed E-state index contributed by atoms with van der Waals surface area (Å²) in [7, 11) is -1.44. The van der Waals surface area contributed by atoms with Crippen LogP contribution in [0.15, 0.2) is 330 Å². The molecule has 23 rings (SSSR count). The number of fused-ring (bicyclic) bond motifs is 11. The molecule has 2 nitrogen and oxygen atoms in total. The lowest BCUT2D eigenvalue weighted by Gasteiger charge is -2.21. The Hall–Kier alpha value is -11.5. The van der Waals surface area contributed by atoms with E-state index in [2.05, 4.69) is 323 Å². The predicted octanol–water partition coefficient (Wildman–Crippen LogP) is 26.5. The molecule has 0 saturated heterocycles. The molecule has 0 heterocycles. The molecule has 0 bridgehead atoms. The molecule has 0 atom stereocenters. The fourth-order valence-electron chi connectivity index (χ4n) is 17.9. The first-order chi connectivity index (χ1) is 49.8. The second-order valence-electron chi connectivity index (χ2n) is 27.2. The minimum Gasteiger partial charge on any atom is -0.423 e. The average Bonchev–Trinajstić information content (AvgIpc) is 1.55. The largest absolute Gasteiger partial charge is 0.489 e. The summed E-state index contributed by atoms with van der Waals surface area (Å²) in [6.07, 6.45) is 0. The zero-order valence-electron chi connectivity index (χ0n) is 54.3. The van der Waals surface area contributed by atoms with Gasteiger partial charge in [-0.05, 0) is 285 Å². The van der Waals surface area contributed by atoms with E-state index in [1.165, 1.54) is 201 Å². The van der Waals surface area contributed by atoms with Gasteiger partial charge in [0, 0.05) is 8.95 Å². The average molecular weight is 1410 g/mol. The van der Waals surface area contributed by atoms with Gasteiger partial charge in [0.2, 0.25) is 0 Å². The Bertz CT molecular complexity index is 7010. The van der Waals surface area contributed by atoms with Gasteiger partial charge in [-0.2, -0.15) is 0 Å². The third-order valence-electron chi connectivity index (χ3n) is 22.0. The molecule has 2 N–H and O–H groups in total. The molecule has 5 heteroatoms. The second kappa shape index (κ2) is 22.5. The van der Waals surface area contributed by atoms with Crippen LogP contribution in [0.2, 0.25) is 0 Å². The van der Waals surface area contributed by atoms with Crippen molar-refractivity contribution in [1.82, 2.24) is 0 Å². The maximum atomic E-state index is 9.51. The molecule has 468 valence electrons. The molecule has 0 unspecified atom stereocenters. The number of hydrogen-bond donors (Lipinski definition) is 2. The minimum atomic E-state index is -1.44. The maximum absolute atomic E-state index is 9.51. The molecule has 0 fully saturated rings. The molecular weight excluding hydrogens is 1360 g/mol. The molecule has 22 aromatic rings. The first-order valence-corrected chi connectivity index (χ1v) is 36.1. The molecule has 1 aliphatic carbocycles. The monoisotopic (exact) mass is 1410 g/mol. The van der Waals surface area contributed by atoms with Crippen molar-refractivity contribution in [3.05, 3.63) is 330 Å². The van der Waals surface area contributed by atoms with Gasteiger partial charge in [0.05, 0.1) is 0 Å². The normalized spacial score (nSPS) is 12.2. The Balaban J connectivity index is 0.000000109. The Labute approximate surface area is 598 Å². The number of benzene rings is 20. The number of hydrogen-bond acceptors (Lipinski definition) is 2. The fourth-order valence-corrected chi connectivity index (χ4v) is 18.6. The van der Waals surface area contributed by atoms with Crippen molar-refractivity contribution in [2.45, 2.75) is 0 Å². The van der Waals surface area contributed by atoms with Crippen LogP contribution >= 0.6 is 31.9 Å². The molecule has 0 spiro atoms. The lowest BCUT2D eigenvalue weighted by Crippen LogP contribution is -2.30. The highest BCUT2D eigenvalue weighted by Gasteiger charge is 2.32. The summed E-state index contributed by atoms with van der Waals surface area (Å²) in [5, 5.41) is 55.0. The minimum absolute atomic E-state index is 0.561. The van der Waals surface area contributed by atoms with Crippen molar-refractivity contribution in [1.29, 1.82) is 0 Å². The fraction of sp³-hybridized carbons (Fsp3) is 0. The summed E-state index contributed by atoms with van der Waals surface area (Å²) in [6.45, 7) is 0. The standard InChI is InChI=1S/C48H26.C32H18Br2.C16H11BO2/c1-3-10-28(11-4-1)43-39-25-36-33-23-22-31-21-20-30-14-7-17-32-24-38(46(33)45(31)41(30)32)37(36)26-40(39)44(29-12-5-2-6-13-29)48-35-19-9-16-27-15-8-18-34(42(27)35)47(43)48;33-26-17-24-25(18-27(26)34)30(21-11-5-2-6-12-21)32-23-16-8-14-19-13-7-15-22(28(19)23)31(32)29(24)20-9-3-1-4-10-20;18-17(19)14-9-7-12-5-4-10-2-1-3-11-6-8-13(14)16(12)15(10)11/h1-26H;1-18H;1-9,18-19H. The SMILES string of the molecule is Brc1cc2c(-c3ccccc3)c3c(c(-c4ccccc4)c2cc1Br)-c1cccc2cccc-3c12.OB(O)c1ccc2ccc3cccc4ccc1c2c34.c1ccc(-c2c3cc4c(cc3c(-c3ccccc3)c3c5cccc6cccc(c23)c65)c2cc3cccc5ccc6ccc4c2c6c53)cc1. The van der Waals surface area contributed by atoms with Gasteiger partial charge in [0.15, 0.2) is 0 Å². The summed E-state index contributed by atoms with van der Waals surface area (Å²) >= 11 is 7.59. The van der Waals surface area contributed by atoms with Crippen molar-refractivity contribution in [3.8, 4) is 66.8 Å². The van der Waals surface area contributed by atoms with Crippen LogP contribution in [0.5, 0.6) is 0 Å². The molecule has 1 aliphatic rings. The first-order valence-electron chi connectivity index (χ1n) is 34.5. The van der Waals surface area contributed by atoms with Crippen LogP contribution in [0.25, 0.3) is 218 Å². The van der Waals surface area contributed by atoms with Gasteiger partial charge in [-0.3, -0.25) is 0 Å². The van der Waals surface area contributed by atoms with Gasteiger partial charge < -0.3 is 10.0 Å². The summed E-state index contributed by atoms with van der Waals surface area (Å²) in [4.78, 5) is 0. The highest BCUT2D eigenvalue weighted by atomic mass is 79.9. The lowest BCUT2D eigenvalue weighted by molar-refractivity contribution is 0.426. The second-order valence-corrected chi connectivity index (χ2v) is 28.9. The lowest BCUT2D eigenvalue weighted by atomic mass is 9.75. The van der Waals surface area contributed by atoms with E-state index in [0.717, 1.165) is 25.1 Å². The van der Waals surface area contributed by atoms with E-state index in [4.69, 9.17) is 0 Å². The van der Waals surface area contributed by atoms with Crippen LogP contribution in [0, 0.1) is 0 Å². The highest BCUT2D eigenvalue weighted by molar-refractivity contribution is 9.13. The van der Waals surface area contributed by atoms with E-state index in [9.17, 15) is 10.0 Å². The molecule has 0 aliphatic heterocycles. The van der Waals surface area contributed by atoms with E-state index in [1.54, 1.807) is 6.07 Å². The van der Waals surface area contributed by atoms with Crippen LogP contribution in [0.3, 0.4) is 0 Å². The van der Waals surface area contributed by atoms with Gasteiger partial charge in [-0.15, -0.1) is 0 Å². The van der Waals surface area contributed by atoms with Crippen molar-refractivity contribution in [3.63, 3.8) is 0 Å². The molecule has 0 amide bonds. The zero-order valence-corrected chi connectivity index (χ0v) is 57.5. The Morgan fingerprint density at radius 2 is 0.545 bits per heavy atom. The third-order valence-corrected chi connectivity index (χ3v) is 23.8. The molecule has 101 heavy (non-hydrogen) atoms. The summed E-state index contributed by atoms with van der Waals surface area (Å²) in [5.41, 5.74) is 16.1. The zero-order chi connectivity index (χ0) is 66.9. The molecule has 0 radical (unpaired) electrons. The topological polar surface area (TPSA) is 40.5 Å². The Kier molecular flexibility index (Phi) is 13.0. The quantitative estimate of drug-likeness (QED) is 0.133. The summed E-state index contributed by atoms with van der Waals surface area (Å²) in [5.74, 6) is 0. The number of rotatable bonds is 5. The summed E-state index contributed by atoms with van der Waals surface area (Å²) in [6, 6.07) is 117. The van der Waals surface area contributed by atoms with Gasteiger partial charge in [-0.25, -0.2) is 0 Å². The van der Waals surface area contributed by atoms with Crippen molar-refractivity contribution in [2.75, 3.05) is 0 Å². The van der Waals surface area contributed by atoms with E-state index >= 15 is 0 Å². The summed E-state index contributed by atoms with van der Waals surface area (Å²) < 4.78 is 2.12. The highest BCUT2D eigenvalue weighted by Crippen LogP contribution is 2.59. The van der Waals surface area contributed by atoms with E-state index < -0.39 is 7.12 Å². The molecule has 0 aromatic heterocycles. The van der Waals surface area contributed by atoms with Gasteiger partial charge >= 0.3 is 7.12 Å². The number of halogens is 2. The third kappa shape index (κ3) is 8.59. The first kappa shape index (κ1) is 58.4. The van der Waals surface area contributed by atoms with Crippen molar-refractivity contribution >= 4 is 195 Å². The van der Waals surface area contributed by atoms with E-state index in [0.29, 0.717) is 5.46 Å². The predicted molar refractivity (Wildman–Crippen MR) is 441 cm³/mol.